The summed E-state index contributed by atoms with van der Waals surface area (Å²) < 4.78 is 10.6. The van der Waals surface area contributed by atoms with Gasteiger partial charge in [-0.1, -0.05) is 37.3 Å². The minimum atomic E-state index is -0.446. The Kier molecular flexibility index (Phi) is 8.71. The van der Waals surface area contributed by atoms with Crippen LogP contribution in [0, 0.1) is 0 Å². The molecule has 0 aliphatic carbocycles. The zero-order valence-electron chi connectivity index (χ0n) is 13.3. The second-order valence-corrected chi connectivity index (χ2v) is 4.97. The van der Waals surface area contributed by atoms with E-state index in [4.69, 9.17) is 9.47 Å². The molecule has 1 rings (SSSR count). The molecule has 21 heavy (non-hydrogen) atoms. The fraction of sp³-hybridized carbons (Fsp3) is 0.588. The molecule has 0 aromatic heterocycles. The number of ether oxygens (including phenoxy) is 2. The summed E-state index contributed by atoms with van der Waals surface area (Å²) in [5, 5.41) is 2.97. The number of amides is 1. The van der Waals surface area contributed by atoms with Gasteiger partial charge < -0.3 is 14.8 Å². The molecule has 0 spiro atoms. The van der Waals surface area contributed by atoms with Gasteiger partial charge in [-0.25, -0.2) is 0 Å². The fourth-order valence-corrected chi connectivity index (χ4v) is 2.09. The van der Waals surface area contributed by atoms with Gasteiger partial charge in [-0.15, -0.1) is 0 Å². The van der Waals surface area contributed by atoms with Crippen molar-refractivity contribution in [3.8, 4) is 0 Å². The summed E-state index contributed by atoms with van der Waals surface area (Å²) in [6, 6.07) is 10.3. The van der Waals surface area contributed by atoms with Gasteiger partial charge in [-0.2, -0.15) is 0 Å². The molecular weight excluding hydrogens is 266 g/mol. The zero-order chi connectivity index (χ0) is 15.5. The van der Waals surface area contributed by atoms with E-state index in [1.165, 1.54) is 5.56 Å². The van der Waals surface area contributed by atoms with Crippen LogP contribution in [0.2, 0.25) is 0 Å². The summed E-state index contributed by atoms with van der Waals surface area (Å²) in [4.78, 5) is 12.0. The monoisotopic (exact) mass is 293 g/mol. The van der Waals surface area contributed by atoms with Crippen LogP contribution in [0.5, 0.6) is 0 Å². The summed E-state index contributed by atoms with van der Waals surface area (Å²) in [5.74, 6) is 0.270. The highest BCUT2D eigenvalue weighted by Gasteiger charge is 2.15. The van der Waals surface area contributed by atoms with E-state index in [0.717, 1.165) is 6.42 Å². The minimum absolute atomic E-state index is 0.0686. The van der Waals surface area contributed by atoms with Crippen molar-refractivity contribution in [3.63, 3.8) is 0 Å². The van der Waals surface area contributed by atoms with Gasteiger partial charge in [-0.3, -0.25) is 4.79 Å². The molecule has 0 aliphatic rings. The van der Waals surface area contributed by atoms with Gasteiger partial charge in [0.05, 0.1) is 13.2 Å². The smallest absolute Gasteiger partial charge is 0.248 e. The van der Waals surface area contributed by atoms with Crippen LogP contribution in [-0.4, -0.2) is 38.4 Å². The van der Waals surface area contributed by atoms with Gasteiger partial charge >= 0.3 is 0 Å². The number of nitrogens with one attached hydrogen (secondary N) is 1. The third-order valence-corrected chi connectivity index (χ3v) is 3.46. The second-order valence-electron chi connectivity index (χ2n) is 4.97. The van der Waals surface area contributed by atoms with E-state index in [-0.39, 0.29) is 5.91 Å². The Morgan fingerprint density at radius 1 is 1.19 bits per heavy atom. The van der Waals surface area contributed by atoms with Crippen molar-refractivity contribution in [1.29, 1.82) is 0 Å². The Hall–Kier alpha value is -1.39. The molecule has 118 valence electrons. The van der Waals surface area contributed by atoms with Crippen LogP contribution in [0.15, 0.2) is 30.3 Å². The Bertz CT molecular complexity index is 394. The van der Waals surface area contributed by atoms with Crippen molar-refractivity contribution >= 4 is 5.91 Å². The van der Waals surface area contributed by atoms with Crippen LogP contribution >= 0.6 is 0 Å². The Morgan fingerprint density at radius 3 is 2.52 bits per heavy atom. The van der Waals surface area contributed by atoms with Gasteiger partial charge in [0.1, 0.15) is 6.10 Å². The van der Waals surface area contributed by atoms with Crippen LogP contribution in [0.25, 0.3) is 0 Å². The molecule has 0 fully saturated rings. The van der Waals surface area contributed by atoms with Gasteiger partial charge in [0.25, 0.3) is 0 Å². The van der Waals surface area contributed by atoms with Gasteiger partial charge in [-0.05, 0) is 25.8 Å². The first kappa shape index (κ1) is 17.7. The van der Waals surface area contributed by atoms with Crippen LogP contribution < -0.4 is 5.32 Å². The van der Waals surface area contributed by atoms with Crippen molar-refractivity contribution in [3.05, 3.63) is 35.9 Å². The third kappa shape index (κ3) is 6.74. The van der Waals surface area contributed by atoms with E-state index in [1.807, 2.05) is 25.1 Å². The summed E-state index contributed by atoms with van der Waals surface area (Å²) in [6.07, 6.45) is 0.544. The van der Waals surface area contributed by atoms with Crippen molar-refractivity contribution in [2.45, 2.75) is 39.2 Å². The molecule has 1 aromatic carbocycles. The molecule has 0 saturated carbocycles. The molecule has 1 N–H and O–H groups in total. The minimum Gasteiger partial charge on any atom is -0.379 e. The Morgan fingerprint density at radius 2 is 1.90 bits per heavy atom. The van der Waals surface area contributed by atoms with Crippen LogP contribution in [-0.2, 0) is 14.3 Å². The molecule has 1 aromatic rings. The standard InChI is InChI=1S/C17H27NO3/c1-4-15(16-9-7-6-8-10-16)13-18-17(19)14(3)21-12-11-20-5-2/h6-10,14-15H,4-5,11-13H2,1-3H3,(H,18,19). The quantitative estimate of drug-likeness (QED) is 0.675. The molecule has 4 heteroatoms. The maximum absolute atomic E-state index is 12.0. The summed E-state index contributed by atoms with van der Waals surface area (Å²) in [6.45, 7) is 8.10. The van der Waals surface area contributed by atoms with E-state index in [9.17, 15) is 4.79 Å². The van der Waals surface area contributed by atoms with Crippen LogP contribution in [0.1, 0.15) is 38.7 Å². The molecule has 0 radical (unpaired) electrons. The predicted molar refractivity (Wildman–Crippen MR) is 84.4 cm³/mol. The molecule has 0 saturated heterocycles. The molecule has 4 nitrogen and oxygen atoms in total. The average molecular weight is 293 g/mol. The number of rotatable bonds is 10. The molecule has 0 heterocycles. The molecule has 0 aliphatic heterocycles. The highest BCUT2D eigenvalue weighted by Crippen LogP contribution is 2.17. The van der Waals surface area contributed by atoms with Crippen molar-refractivity contribution in [2.24, 2.45) is 0 Å². The number of hydrogen-bond donors (Lipinski definition) is 1. The van der Waals surface area contributed by atoms with E-state index < -0.39 is 6.10 Å². The maximum Gasteiger partial charge on any atom is 0.248 e. The first-order valence-electron chi connectivity index (χ1n) is 7.71. The van der Waals surface area contributed by atoms with Gasteiger partial charge in [0, 0.05) is 19.1 Å². The average Bonchev–Trinajstić information content (AvgIpc) is 2.52. The van der Waals surface area contributed by atoms with E-state index >= 15 is 0 Å². The summed E-state index contributed by atoms with van der Waals surface area (Å²) in [7, 11) is 0. The van der Waals surface area contributed by atoms with E-state index in [1.54, 1.807) is 6.92 Å². The second kappa shape index (κ2) is 10.4. The lowest BCUT2D eigenvalue weighted by atomic mass is 9.96. The summed E-state index contributed by atoms with van der Waals surface area (Å²) in [5.41, 5.74) is 1.25. The Balaban J connectivity index is 2.33. The lowest BCUT2D eigenvalue weighted by molar-refractivity contribution is -0.132. The molecule has 2 unspecified atom stereocenters. The fourth-order valence-electron chi connectivity index (χ4n) is 2.09. The van der Waals surface area contributed by atoms with E-state index in [2.05, 4.69) is 24.4 Å². The highest BCUT2D eigenvalue weighted by atomic mass is 16.5. The number of benzene rings is 1. The number of carbonyl (C=O) groups is 1. The maximum atomic E-state index is 12.0. The lowest BCUT2D eigenvalue weighted by Gasteiger charge is -2.18. The first-order chi connectivity index (χ1) is 10.2. The largest absolute Gasteiger partial charge is 0.379 e. The Labute approximate surface area is 127 Å². The third-order valence-electron chi connectivity index (χ3n) is 3.46. The van der Waals surface area contributed by atoms with Crippen LogP contribution in [0.4, 0.5) is 0 Å². The van der Waals surface area contributed by atoms with E-state index in [0.29, 0.717) is 32.3 Å². The summed E-state index contributed by atoms with van der Waals surface area (Å²) >= 11 is 0. The lowest BCUT2D eigenvalue weighted by Crippen LogP contribution is -2.37. The van der Waals surface area contributed by atoms with Gasteiger partial charge in [0.2, 0.25) is 5.91 Å². The number of carbonyl (C=O) groups excluding carboxylic acids is 1. The van der Waals surface area contributed by atoms with Gasteiger partial charge in [0.15, 0.2) is 0 Å². The number of hydrogen-bond acceptors (Lipinski definition) is 3. The molecular formula is C17H27NO3. The molecule has 0 bridgehead atoms. The SMILES string of the molecule is CCOCCOC(C)C(=O)NCC(CC)c1ccccc1. The van der Waals surface area contributed by atoms with Crippen molar-refractivity contribution in [2.75, 3.05) is 26.4 Å². The normalized spacial score (nSPS) is 13.7. The molecule has 1 amide bonds. The predicted octanol–water partition coefficient (Wildman–Crippen LogP) is 2.74. The topological polar surface area (TPSA) is 47.6 Å². The van der Waals surface area contributed by atoms with Crippen molar-refractivity contribution < 1.29 is 14.3 Å². The molecule has 2 atom stereocenters. The highest BCUT2D eigenvalue weighted by molar-refractivity contribution is 5.80. The van der Waals surface area contributed by atoms with Crippen molar-refractivity contribution in [1.82, 2.24) is 5.32 Å². The first-order valence-corrected chi connectivity index (χ1v) is 7.71. The van der Waals surface area contributed by atoms with Crippen LogP contribution in [0.3, 0.4) is 0 Å². The zero-order valence-corrected chi connectivity index (χ0v) is 13.3.